The molecular weight excluding hydrogens is 284 g/mol. The van der Waals surface area contributed by atoms with E-state index in [1.165, 1.54) is 0 Å². The largest absolute Gasteiger partial charge is 0.323 e. The minimum Gasteiger partial charge on any atom is -0.308 e. The van der Waals surface area contributed by atoms with Crippen molar-refractivity contribution in [2.24, 2.45) is 0 Å². The first kappa shape index (κ1) is 14.9. The molecule has 0 radical (unpaired) electrons. The third-order valence-electron chi connectivity index (χ3n) is 2.65. The number of rotatable bonds is 4. The molecule has 21 heavy (non-hydrogen) atoms. The number of urea groups is 1. The summed E-state index contributed by atoms with van der Waals surface area (Å²) >= 11 is 5.78. The molecule has 0 saturated carbocycles. The van der Waals surface area contributed by atoms with Crippen LogP contribution in [0.3, 0.4) is 0 Å². The Kier molecular flexibility index (Phi) is 5.18. The van der Waals surface area contributed by atoms with Gasteiger partial charge in [0.25, 0.3) is 0 Å². The number of benzene rings is 2. The van der Waals surface area contributed by atoms with Gasteiger partial charge in [0.1, 0.15) is 0 Å². The van der Waals surface area contributed by atoms with Gasteiger partial charge in [0.05, 0.1) is 0 Å². The van der Waals surface area contributed by atoms with Gasteiger partial charge in [-0.25, -0.2) is 4.79 Å². The van der Waals surface area contributed by atoms with E-state index in [0.717, 1.165) is 5.56 Å². The first-order chi connectivity index (χ1) is 10.1. The molecule has 0 aliphatic heterocycles. The van der Waals surface area contributed by atoms with Crippen molar-refractivity contribution < 1.29 is 4.79 Å². The number of allylic oxidation sites excluding steroid dienone is 1. The first-order valence-electron chi connectivity index (χ1n) is 6.39. The zero-order chi connectivity index (χ0) is 15.1. The highest BCUT2D eigenvalue weighted by atomic mass is 35.5. The highest BCUT2D eigenvalue weighted by molar-refractivity contribution is 6.30. The van der Waals surface area contributed by atoms with E-state index < -0.39 is 0 Å². The Labute approximate surface area is 128 Å². The predicted octanol–water partition coefficient (Wildman–Crippen LogP) is 4.69. The molecule has 4 heteroatoms. The summed E-state index contributed by atoms with van der Waals surface area (Å²) in [7, 11) is 0. The topological polar surface area (TPSA) is 41.1 Å². The standard InChI is InChI=1S/C17H15ClN2O/c1-13(7-8-14-5-3-2-4-6-14)19-17(21)20-16-11-9-15(18)10-12-16/h2-12H,1H2,(H2,19,20,21). The van der Waals surface area contributed by atoms with E-state index >= 15 is 0 Å². The molecule has 0 spiro atoms. The summed E-state index contributed by atoms with van der Waals surface area (Å²) in [5.74, 6) is 0. The summed E-state index contributed by atoms with van der Waals surface area (Å²) in [6.45, 7) is 3.79. The van der Waals surface area contributed by atoms with Crippen molar-refractivity contribution in [3.63, 3.8) is 0 Å². The van der Waals surface area contributed by atoms with Crippen LogP contribution < -0.4 is 10.6 Å². The van der Waals surface area contributed by atoms with Crippen molar-refractivity contribution >= 4 is 29.4 Å². The summed E-state index contributed by atoms with van der Waals surface area (Å²) in [6, 6.07) is 16.3. The molecule has 0 fully saturated rings. The summed E-state index contributed by atoms with van der Waals surface area (Å²) in [4.78, 5) is 11.8. The maximum absolute atomic E-state index is 11.8. The van der Waals surface area contributed by atoms with Crippen LogP contribution in [0.4, 0.5) is 10.5 Å². The fraction of sp³-hybridized carbons (Fsp3) is 0. The Balaban J connectivity index is 1.86. The van der Waals surface area contributed by atoms with Crippen LogP contribution in [-0.4, -0.2) is 6.03 Å². The van der Waals surface area contributed by atoms with Gasteiger partial charge in [0.15, 0.2) is 0 Å². The number of carbonyl (C=O) groups is 1. The van der Waals surface area contributed by atoms with Crippen molar-refractivity contribution in [3.8, 4) is 0 Å². The molecule has 2 aromatic carbocycles. The van der Waals surface area contributed by atoms with E-state index in [4.69, 9.17) is 11.6 Å². The minimum absolute atomic E-state index is 0.347. The number of anilines is 1. The molecule has 0 bridgehead atoms. The maximum atomic E-state index is 11.8. The van der Waals surface area contributed by atoms with Crippen LogP contribution in [0.25, 0.3) is 6.08 Å². The predicted molar refractivity (Wildman–Crippen MR) is 88.2 cm³/mol. The average Bonchev–Trinajstić information content (AvgIpc) is 2.48. The highest BCUT2D eigenvalue weighted by Crippen LogP contribution is 2.13. The lowest BCUT2D eigenvalue weighted by Crippen LogP contribution is -2.26. The molecule has 0 saturated heterocycles. The van der Waals surface area contributed by atoms with Crippen LogP contribution >= 0.6 is 11.6 Å². The number of amides is 2. The normalized spacial score (nSPS) is 10.3. The Morgan fingerprint density at radius 1 is 1.05 bits per heavy atom. The van der Waals surface area contributed by atoms with Crippen LogP contribution in [0.15, 0.2) is 72.9 Å². The van der Waals surface area contributed by atoms with Crippen LogP contribution in [0.5, 0.6) is 0 Å². The second-order valence-electron chi connectivity index (χ2n) is 4.36. The summed E-state index contributed by atoms with van der Waals surface area (Å²) in [6.07, 6.45) is 3.63. The van der Waals surface area contributed by atoms with E-state index in [1.54, 1.807) is 30.3 Å². The molecule has 0 atom stereocenters. The quantitative estimate of drug-likeness (QED) is 0.790. The number of hydrogen-bond donors (Lipinski definition) is 2. The number of hydrogen-bond acceptors (Lipinski definition) is 1. The molecule has 2 aromatic rings. The van der Waals surface area contributed by atoms with Gasteiger partial charge in [0, 0.05) is 16.4 Å². The molecule has 2 amide bonds. The van der Waals surface area contributed by atoms with E-state index in [0.29, 0.717) is 16.4 Å². The van der Waals surface area contributed by atoms with Crippen molar-refractivity contribution in [2.75, 3.05) is 5.32 Å². The van der Waals surface area contributed by atoms with Gasteiger partial charge < -0.3 is 10.6 Å². The zero-order valence-corrected chi connectivity index (χ0v) is 12.1. The summed E-state index contributed by atoms with van der Waals surface area (Å²) in [5, 5.41) is 5.97. The van der Waals surface area contributed by atoms with Gasteiger partial charge in [-0.2, -0.15) is 0 Å². The number of nitrogens with one attached hydrogen (secondary N) is 2. The molecule has 2 rings (SSSR count). The first-order valence-corrected chi connectivity index (χ1v) is 6.77. The Bertz CT molecular complexity index is 648. The fourth-order valence-electron chi connectivity index (χ4n) is 1.64. The number of halogens is 1. The molecule has 3 nitrogen and oxygen atoms in total. The zero-order valence-electron chi connectivity index (χ0n) is 11.3. The third kappa shape index (κ3) is 5.16. The Morgan fingerprint density at radius 2 is 1.71 bits per heavy atom. The average molecular weight is 299 g/mol. The van der Waals surface area contributed by atoms with E-state index in [1.807, 2.05) is 36.4 Å². The molecule has 2 N–H and O–H groups in total. The minimum atomic E-state index is -0.347. The SMILES string of the molecule is C=C(C=Cc1ccccc1)NC(=O)Nc1ccc(Cl)cc1. The lowest BCUT2D eigenvalue weighted by Gasteiger charge is -2.07. The lowest BCUT2D eigenvalue weighted by molar-refractivity contribution is 0.254. The van der Waals surface area contributed by atoms with Crippen molar-refractivity contribution in [3.05, 3.63) is 83.5 Å². The van der Waals surface area contributed by atoms with Crippen LogP contribution in [0.1, 0.15) is 5.56 Å². The van der Waals surface area contributed by atoms with Gasteiger partial charge in [-0.05, 0) is 35.9 Å². The van der Waals surface area contributed by atoms with Crippen LogP contribution in [0.2, 0.25) is 5.02 Å². The Morgan fingerprint density at radius 3 is 2.38 bits per heavy atom. The van der Waals surface area contributed by atoms with Crippen molar-refractivity contribution in [2.45, 2.75) is 0 Å². The monoisotopic (exact) mass is 298 g/mol. The summed E-state index contributed by atoms with van der Waals surface area (Å²) < 4.78 is 0. The van der Waals surface area contributed by atoms with Gasteiger partial charge in [-0.3, -0.25) is 0 Å². The highest BCUT2D eigenvalue weighted by Gasteiger charge is 2.01. The van der Waals surface area contributed by atoms with E-state index in [2.05, 4.69) is 17.2 Å². The fourth-order valence-corrected chi connectivity index (χ4v) is 1.77. The van der Waals surface area contributed by atoms with Gasteiger partial charge in [-0.15, -0.1) is 0 Å². The van der Waals surface area contributed by atoms with E-state index in [9.17, 15) is 4.79 Å². The van der Waals surface area contributed by atoms with Gasteiger partial charge in [-0.1, -0.05) is 54.6 Å². The van der Waals surface area contributed by atoms with Crippen LogP contribution in [0, 0.1) is 0 Å². The third-order valence-corrected chi connectivity index (χ3v) is 2.90. The van der Waals surface area contributed by atoms with Crippen molar-refractivity contribution in [1.29, 1.82) is 0 Å². The van der Waals surface area contributed by atoms with E-state index in [-0.39, 0.29) is 6.03 Å². The number of carbonyl (C=O) groups excluding carboxylic acids is 1. The Hall–Kier alpha value is -2.52. The molecule has 0 heterocycles. The molecule has 0 unspecified atom stereocenters. The van der Waals surface area contributed by atoms with Crippen LogP contribution in [-0.2, 0) is 0 Å². The molecule has 106 valence electrons. The summed E-state index contributed by atoms with van der Waals surface area (Å²) in [5.41, 5.74) is 2.21. The molecule has 0 aromatic heterocycles. The second kappa shape index (κ2) is 7.31. The molecule has 0 aliphatic carbocycles. The van der Waals surface area contributed by atoms with Gasteiger partial charge in [0.2, 0.25) is 0 Å². The molecular formula is C17H15ClN2O. The second-order valence-corrected chi connectivity index (χ2v) is 4.79. The lowest BCUT2D eigenvalue weighted by atomic mass is 10.2. The maximum Gasteiger partial charge on any atom is 0.323 e. The smallest absolute Gasteiger partial charge is 0.308 e. The van der Waals surface area contributed by atoms with Gasteiger partial charge >= 0.3 is 6.03 Å². The molecule has 0 aliphatic rings. The van der Waals surface area contributed by atoms with Crippen molar-refractivity contribution in [1.82, 2.24) is 5.32 Å².